The van der Waals surface area contributed by atoms with Crippen molar-refractivity contribution in [3.05, 3.63) is 65.9 Å². The second kappa shape index (κ2) is 14.0. The summed E-state index contributed by atoms with van der Waals surface area (Å²) in [4.78, 5) is 34.1. The second-order valence-electron chi connectivity index (χ2n) is 10.1. The minimum Gasteiger partial charge on any atom is -0.494 e. The number of nitrogens with one attached hydrogen (secondary N) is 1. The summed E-state index contributed by atoms with van der Waals surface area (Å²) in [7, 11) is 1.63. The van der Waals surface area contributed by atoms with E-state index in [1.807, 2.05) is 54.4 Å². The number of rotatable bonds is 13. The Morgan fingerprint density at radius 3 is 2.47 bits per heavy atom. The third-order valence-corrected chi connectivity index (χ3v) is 7.44. The van der Waals surface area contributed by atoms with Crippen molar-refractivity contribution in [3.63, 3.8) is 0 Å². The lowest BCUT2D eigenvalue weighted by atomic mass is 9.88. The minimum atomic E-state index is -0.0426. The molecule has 0 unspecified atom stereocenters. The molecule has 1 aliphatic rings. The molecule has 1 aliphatic carbocycles. The molecule has 0 saturated heterocycles. The maximum absolute atomic E-state index is 13.8. The monoisotopic (exact) mass is 519 g/mol. The summed E-state index contributed by atoms with van der Waals surface area (Å²) < 4.78 is 10.9. The number of fused-ring (bicyclic) bond motifs is 1. The Hall–Kier alpha value is -3.32. The third-order valence-electron chi connectivity index (χ3n) is 7.44. The molecule has 7 nitrogen and oxygen atoms in total. The van der Waals surface area contributed by atoms with Crippen LogP contribution in [0.4, 0.5) is 0 Å². The van der Waals surface area contributed by atoms with Crippen LogP contribution in [0.5, 0.6) is 5.75 Å². The number of para-hydroxylation sites is 1. The van der Waals surface area contributed by atoms with E-state index in [2.05, 4.69) is 17.1 Å². The van der Waals surface area contributed by atoms with E-state index in [-0.39, 0.29) is 24.3 Å². The van der Waals surface area contributed by atoms with Gasteiger partial charge in [0.2, 0.25) is 11.8 Å². The van der Waals surface area contributed by atoms with Gasteiger partial charge in [0.1, 0.15) is 5.75 Å². The topological polar surface area (TPSA) is 74.9 Å². The van der Waals surface area contributed by atoms with Crippen LogP contribution in [-0.2, 0) is 27.3 Å². The van der Waals surface area contributed by atoms with Crippen LogP contribution in [-0.4, -0.2) is 66.6 Å². The molecular weight excluding hydrogens is 478 g/mol. The average Bonchev–Trinajstić information content (AvgIpc) is 3.37. The molecular formula is C31H41N3O4. The van der Waals surface area contributed by atoms with E-state index in [0.29, 0.717) is 32.8 Å². The number of hydrogen-bond donors (Lipinski definition) is 1. The van der Waals surface area contributed by atoms with Gasteiger partial charge in [-0.2, -0.15) is 0 Å². The van der Waals surface area contributed by atoms with Gasteiger partial charge in [-0.1, -0.05) is 49.6 Å². The molecule has 2 aromatic carbocycles. The molecule has 1 fully saturated rings. The van der Waals surface area contributed by atoms with Gasteiger partial charge in [-0.25, -0.2) is 0 Å². The lowest BCUT2D eigenvalue weighted by Gasteiger charge is -2.31. The zero-order valence-electron chi connectivity index (χ0n) is 22.8. The Morgan fingerprint density at radius 2 is 1.74 bits per heavy atom. The van der Waals surface area contributed by atoms with Crippen LogP contribution in [0.3, 0.4) is 0 Å². The number of amides is 2. The van der Waals surface area contributed by atoms with Crippen LogP contribution in [0.2, 0.25) is 0 Å². The first-order valence-corrected chi connectivity index (χ1v) is 13.9. The Labute approximate surface area is 226 Å². The number of ether oxygens (including phenoxy) is 2. The first kappa shape index (κ1) is 27.7. The average molecular weight is 520 g/mol. The predicted molar refractivity (Wildman–Crippen MR) is 150 cm³/mol. The molecule has 1 heterocycles. The van der Waals surface area contributed by atoms with Gasteiger partial charge in [0.05, 0.1) is 19.8 Å². The summed E-state index contributed by atoms with van der Waals surface area (Å²) in [5.74, 6) is 0.877. The number of aromatic nitrogens is 1. The van der Waals surface area contributed by atoms with Crippen molar-refractivity contribution in [2.24, 2.45) is 5.92 Å². The molecule has 1 saturated carbocycles. The number of H-pyrrole nitrogens is 1. The molecule has 0 radical (unpaired) electrons. The number of aromatic amines is 1. The molecule has 2 amide bonds. The van der Waals surface area contributed by atoms with Crippen LogP contribution in [0, 0.1) is 5.92 Å². The maximum Gasteiger partial charge on any atom is 0.242 e. The molecule has 3 aromatic rings. The first-order chi connectivity index (χ1) is 18.6. The van der Waals surface area contributed by atoms with E-state index in [1.165, 1.54) is 17.4 Å². The van der Waals surface area contributed by atoms with E-state index >= 15 is 0 Å². The van der Waals surface area contributed by atoms with Crippen molar-refractivity contribution >= 4 is 22.7 Å². The lowest BCUT2D eigenvalue weighted by molar-refractivity contribution is -0.144. The van der Waals surface area contributed by atoms with Gasteiger partial charge in [-0.3, -0.25) is 9.59 Å². The van der Waals surface area contributed by atoms with Gasteiger partial charge in [-0.05, 0) is 55.5 Å². The van der Waals surface area contributed by atoms with Crippen LogP contribution in [0.15, 0.2) is 54.7 Å². The standard InChI is InChI=1S/C31H41N3O4/c1-3-38-27-15-13-24(14-16-27)22-33(18-17-26-21-32-29-12-8-7-11-28(26)29)30(35)23-34(19-20-37-2)31(36)25-9-5-4-6-10-25/h7-8,11-16,21,25,32H,3-6,9-10,17-20,22-23H2,1-2H3. The van der Waals surface area contributed by atoms with Gasteiger partial charge < -0.3 is 24.3 Å². The van der Waals surface area contributed by atoms with Gasteiger partial charge in [-0.15, -0.1) is 0 Å². The van der Waals surface area contributed by atoms with Crippen LogP contribution >= 0.6 is 0 Å². The van der Waals surface area contributed by atoms with Crippen molar-refractivity contribution in [3.8, 4) is 5.75 Å². The van der Waals surface area contributed by atoms with E-state index in [4.69, 9.17) is 9.47 Å². The quantitative estimate of drug-likeness (QED) is 0.337. The van der Waals surface area contributed by atoms with Gasteiger partial charge in [0.15, 0.2) is 0 Å². The summed E-state index contributed by atoms with van der Waals surface area (Å²) in [6.07, 6.45) is 7.92. The largest absolute Gasteiger partial charge is 0.494 e. The normalized spacial score (nSPS) is 13.9. The Morgan fingerprint density at radius 1 is 0.974 bits per heavy atom. The molecule has 1 N–H and O–H groups in total. The minimum absolute atomic E-state index is 0.0131. The molecule has 204 valence electrons. The van der Waals surface area contributed by atoms with Crippen molar-refractivity contribution in [1.82, 2.24) is 14.8 Å². The predicted octanol–water partition coefficient (Wildman–Crippen LogP) is 5.19. The van der Waals surface area contributed by atoms with Gasteiger partial charge in [0, 0.05) is 49.8 Å². The number of carbonyl (C=O) groups excluding carboxylic acids is 2. The molecule has 38 heavy (non-hydrogen) atoms. The summed E-state index contributed by atoms with van der Waals surface area (Å²) in [5.41, 5.74) is 3.30. The number of benzene rings is 2. The first-order valence-electron chi connectivity index (χ1n) is 13.9. The fraction of sp³-hybridized carbons (Fsp3) is 0.484. The molecule has 0 atom stereocenters. The zero-order valence-corrected chi connectivity index (χ0v) is 22.8. The van der Waals surface area contributed by atoms with Crippen molar-refractivity contribution in [1.29, 1.82) is 0 Å². The molecule has 4 rings (SSSR count). The summed E-state index contributed by atoms with van der Waals surface area (Å²) in [6, 6.07) is 16.1. The zero-order chi connectivity index (χ0) is 26.7. The third kappa shape index (κ3) is 7.38. The summed E-state index contributed by atoms with van der Waals surface area (Å²) in [5, 5.41) is 1.18. The highest BCUT2D eigenvalue weighted by Crippen LogP contribution is 2.26. The van der Waals surface area contributed by atoms with E-state index in [9.17, 15) is 9.59 Å². The Kier molecular flexibility index (Phi) is 10.2. The van der Waals surface area contributed by atoms with E-state index in [1.54, 1.807) is 12.0 Å². The highest BCUT2D eigenvalue weighted by atomic mass is 16.5. The number of nitrogens with zero attached hydrogens (tertiary/aromatic N) is 2. The fourth-order valence-electron chi connectivity index (χ4n) is 5.30. The Balaban J connectivity index is 1.50. The number of methoxy groups -OCH3 is 1. The highest BCUT2D eigenvalue weighted by molar-refractivity contribution is 5.86. The van der Waals surface area contributed by atoms with Crippen molar-refractivity contribution in [2.45, 2.75) is 52.0 Å². The fourth-order valence-corrected chi connectivity index (χ4v) is 5.30. The SMILES string of the molecule is CCOc1ccc(CN(CCc2c[nH]c3ccccc23)C(=O)CN(CCOC)C(=O)C2CCCCC2)cc1. The number of carbonyl (C=O) groups is 2. The molecule has 0 aliphatic heterocycles. The van der Waals surface area contributed by atoms with E-state index in [0.717, 1.165) is 48.9 Å². The van der Waals surface area contributed by atoms with Gasteiger partial charge in [0.25, 0.3) is 0 Å². The van der Waals surface area contributed by atoms with E-state index < -0.39 is 0 Å². The van der Waals surface area contributed by atoms with Crippen LogP contribution < -0.4 is 4.74 Å². The smallest absolute Gasteiger partial charge is 0.242 e. The van der Waals surface area contributed by atoms with Gasteiger partial charge >= 0.3 is 0 Å². The number of hydrogen-bond acceptors (Lipinski definition) is 4. The Bertz CT molecular complexity index is 1170. The van der Waals surface area contributed by atoms with Crippen molar-refractivity contribution in [2.75, 3.05) is 40.0 Å². The van der Waals surface area contributed by atoms with Crippen LogP contribution in [0.25, 0.3) is 10.9 Å². The molecule has 0 bridgehead atoms. The summed E-state index contributed by atoms with van der Waals surface area (Å²) >= 11 is 0. The van der Waals surface area contributed by atoms with Crippen molar-refractivity contribution < 1.29 is 19.1 Å². The lowest BCUT2D eigenvalue weighted by Crippen LogP contribution is -2.46. The van der Waals surface area contributed by atoms with Crippen LogP contribution in [0.1, 0.15) is 50.2 Å². The maximum atomic E-state index is 13.8. The molecule has 1 aromatic heterocycles. The molecule has 7 heteroatoms. The highest BCUT2D eigenvalue weighted by Gasteiger charge is 2.28. The second-order valence-corrected chi connectivity index (χ2v) is 10.1. The molecule has 0 spiro atoms. The summed E-state index contributed by atoms with van der Waals surface area (Å²) in [6.45, 7) is 4.53.